The number of hydrogen-bond acceptors (Lipinski definition) is 5. The van der Waals surface area contributed by atoms with E-state index in [2.05, 4.69) is 9.97 Å². The van der Waals surface area contributed by atoms with Crippen LogP contribution in [0.4, 0.5) is 5.82 Å². The minimum atomic E-state index is -3.75. The molecule has 0 unspecified atom stereocenters. The van der Waals surface area contributed by atoms with Crippen molar-refractivity contribution in [3.05, 3.63) is 72.6 Å². The number of para-hydroxylation sites is 1. The number of nitrogens with zero attached hydrogens (tertiary/aromatic N) is 3. The van der Waals surface area contributed by atoms with Gasteiger partial charge in [0.15, 0.2) is 5.82 Å². The highest BCUT2D eigenvalue weighted by atomic mass is 32.2. The average Bonchev–Trinajstić information content (AvgIpc) is 3.03. The van der Waals surface area contributed by atoms with E-state index in [1.165, 1.54) is 3.97 Å². The van der Waals surface area contributed by atoms with E-state index in [9.17, 15) is 8.42 Å². The average molecular weight is 364 g/mol. The molecular formula is C19H16N4O2S. The molecule has 0 saturated carbocycles. The highest BCUT2D eigenvalue weighted by molar-refractivity contribution is 7.90. The fourth-order valence-electron chi connectivity index (χ4n) is 2.85. The summed E-state index contributed by atoms with van der Waals surface area (Å²) in [6.45, 7) is 1.91. The Kier molecular flexibility index (Phi) is 3.73. The lowest BCUT2D eigenvalue weighted by molar-refractivity contribution is 0.589. The summed E-state index contributed by atoms with van der Waals surface area (Å²) in [6, 6.07) is 15.6. The third-order valence-corrected chi connectivity index (χ3v) is 5.86. The molecule has 0 aliphatic rings. The van der Waals surface area contributed by atoms with Crippen molar-refractivity contribution in [1.29, 1.82) is 0 Å². The van der Waals surface area contributed by atoms with Crippen molar-refractivity contribution in [2.75, 3.05) is 5.73 Å². The second-order valence-corrected chi connectivity index (χ2v) is 7.79. The van der Waals surface area contributed by atoms with Crippen LogP contribution >= 0.6 is 0 Å². The molecule has 0 saturated heterocycles. The zero-order chi connectivity index (χ0) is 18.3. The fourth-order valence-corrected chi connectivity index (χ4v) is 4.22. The van der Waals surface area contributed by atoms with Crippen molar-refractivity contribution in [3.8, 4) is 11.4 Å². The Morgan fingerprint density at radius 3 is 2.46 bits per heavy atom. The maximum absolute atomic E-state index is 13.2. The Labute approximate surface area is 151 Å². The van der Waals surface area contributed by atoms with Crippen LogP contribution in [0.15, 0.2) is 71.9 Å². The van der Waals surface area contributed by atoms with Crippen LogP contribution in [-0.2, 0) is 10.0 Å². The molecule has 26 heavy (non-hydrogen) atoms. The van der Waals surface area contributed by atoms with E-state index in [0.29, 0.717) is 22.7 Å². The normalized spacial score (nSPS) is 11.7. The summed E-state index contributed by atoms with van der Waals surface area (Å²) in [4.78, 5) is 8.70. The molecule has 2 N–H and O–H groups in total. The van der Waals surface area contributed by atoms with Crippen molar-refractivity contribution in [2.45, 2.75) is 11.8 Å². The van der Waals surface area contributed by atoms with Crippen LogP contribution < -0.4 is 5.73 Å². The Hall–Kier alpha value is -3.19. The first-order chi connectivity index (χ1) is 12.5. The summed E-state index contributed by atoms with van der Waals surface area (Å²) in [5.74, 6) is 0.715. The van der Waals surface area contributed by atoms with Gasteiger partial charge in [0.1, 0.15) is 5.82 Å². The molecule has 4 aromatic rings. The quantitative estimate of drug-likeness (QED) is 0.603. The van der Waals surface area contributed by atoms with Gasteiger partial charge in [-0.1, -0.05) is 35.9 Å². The van der Waals surface area contributed by atoms with Gasteiger partial charge in [-0.2, -0.15) is 0 Å². The standard InChI is InChI=1S/C19H16N4O2S/c1-13-6-8-14(9-7-13)26(24,25)23-12-16(15-4-2-3-5-17(15)23)19-21-11-10-18(20)22-19/h2-12H,1H3,(H2,20,21,22). The molecule has 7 heteroatoms. The SMILES string of the molecule is Cc1ccc(S(=O)(=O)n2cc(-c3nccc(N)n3)c3ccccc32)cc1. The van der Waals surface area contributed by atoms with Crippen molar-refractivity contribution in [3.63, 3.8) is 0 Å². The third-order valence-electron chi connectivity index (χ3n) is 4.17. The van der Waals surface area contributed by atoms with Crippen LogP contribution in [-0.4, -0.2) is 22.4 Å². The first kappa shape index (κ1) is 16.3. The fraction of sp³-hybridized carbons (Fsp3) is 0.0526. The van der Waals surface area contributed by atoms with Crippen LogP contribution in [0.5, 0.6) is 0 Å². The van der Waals surface area contributed by atoms with Crippen LogP contribution in [0.2, 0.25) is 0 Å². The van der Waals surface area contributed by atoms with E-state index in [1.54, 1.807) is 54.9 Å². The van der Waals surface area contributed by atoms with Gasteiger partial charge in [-0.15, -0.1) is 0 Å². The number of aryl methyl sites for hydroxylation is 1. The van der Waals surface area contributed by atoms with Crippen LogP contribution in [0.25, 0.3) is 22.3 Å². The van der Waals surface area contributed by atoms with E-state index in [-0.39, 0.29) is 4.90 Å². The Morgan fingerprint density at radius 1 is 1.00 bits per heavy atom. The largest absolute Gasteiger partial charge is 0.384 e. The number of nitrogens with two attached hydrogens (primary N) is 1. The second kappa shape index (κ2) is 5.96. The van der Waals surface area contributed by atoms with Gasteiger partial charge in [0.25, 0.3) is 10.0 Å². The zero-order valence-corrected chi connectivity index (χ0v) is 14.8. The molecule has 0 atom stereocenters. The highest BCUT2D eigenvalue weighted by Gasteiger charge is 2.22. The molecule has 2 aromatic carbocycles. The number of fused-ring (bicyclic) bond motifs is 1. The van der Waals surface area contributed by atoms with Gasteiger partial charge in [-0.3, -0.25) is 0 Å². The zero-order valence-electron chi connectivity index (χ0n) is 14.0. The second-order valence-electron chi connectivity index (χ2n) is 5.98. The lowest BCUT2D eigenvalue weighted by atomic mass is 10.1. The number of aromatic nitrogens is 3. The number of nitrogen functional groups attached to an aromatic ring is 1. The third kappa shape index (κ3) is 2.62. The van der Waals surface area contributed by atoms with E-state index < -0.39 is 10.0 Å². The minimum Gasteiger partial charge on any atom is -0.384 e. The van der Waals surface area contributed by atoms with E-state index in [4.69, 9.17) is 5.73 Å². The molecule has 0 aliphatic heterocycles. The molecule has 0 amide bonds. The first-order valence-corrected chi connectivity index (χ1v) is 9.42. The van der Waals surface area contributed by atoms with Crippen LogP contribution in [0.3, 0.4) is 0 Å². The van der Waals surface area contributed by atoms with Gasteiger partial charge in [0.05, 0.1) is 10.4 Å². The monoisotopic (exact) mass is 364 g/mol. The van der Waals surface area contributed by atoms with Crippen molar-refractivity contribution >= 4 is 26.7 Å². The molecular weight excluding hydrogens is 348 g/mol. The maximum Gasteiger partial charge on any atom is 0.268 e. The number of hydrogen-bond donors (Lipinski definition) is 1. The van der Waals surface area contributed by atoms with Crippen LogP contribution in [0.1, 0.15) is 5.56 Å². The van der Waals surface area contributed by atoms with E-state index in [1.807, 2.05) is 19.1 Å². The van der Waals surface area contributed by atoms with E-state index in [0.717, 1.165) is 10.9 Å². The summed E-state index contributed by atoms with van der Waals surface area (Å²) < 4.78 is 27.6. The van der Waals surface area contributed by atoms with Gasteiger partial charge < -0.3 is 5.73 Å². The van der Waals surface area contributed by atoms with Gasteiger partial charge in [0.2, 0.25) is 0 Å². The molecule has 0 bridgehead atoms. The first-order valence-electron chi connectivity index (χ1n) is 7.98. The van der Waals surface area contributed by atoms with E-state index >= 15 is 0 Å². The van der Waals surface area contributed by atoms with Crippen LogP contribution in [0, 0.1) is 6.92 Å². The molecule has 0 spiro atoms. The molecule has 0 aliphatic carbocycles. The number of anilines is 1. The molecule has 130 valence electrons. The smallest absolute Gasteiger partial charge is 0.268 e. The summed E-state index contributed by atoms with van der Waals surface area (Å²) in [5, 5.41) is 0.744. The summed E-state index contributed by atoms with van der Waals surface area (Å²) >= 11 is 0. The molecule has 0 radical (unpaired) electrons. The molecule has 4 rings (SSSR count). The summed E-state index contributed by atoms with van der Waals surface area (Å²) in [7, 11) is -3.75. The predicted octanol–water partition coefficient (Wildman–Crippen LogP) is 3.23. The highest BCUT2D eigenvalue weighted by Crippen LogP contribution is 2.31. The number of benzene rings is 2. The molecule has 6 nitrogen and oxygen atoms in total. The van der Waals surface area contributed by atoms with Gasteiger partial charge in [-0.05, 0) is 31.2 Å². The molecule has 0 fully saturated rings. The van der Waals surface area contributed by atoms with Gasteiger partial charge in [0, 0.05) is 23.3 Å². The number of rotatable bonds is 3. The lowest BCUT2D eigenvalue weighted by Gasteiger charge is -2.07. The Bertz CT molecular complexity index is 1210. The van der Waals surface area contributed by atoms with Crippen molar-refractivity contribution in [2.24, 2.45) is 0 Å². The maximum atomic E-state index is 13.2. The lowest BCUT2D eigenvalue weighted by Crippen LogP contribution is -2.11. The Morgan fingerprint density at radius 2 is 1.73 bits per heavy atom. The minimum absolute atomic E-state index is 0.226. The van der Waals surface area contributed by atoms with Gasteiger partial charge in [-0.25, -0.2) is 22.4 Å². The molecule has 2 heterocycles. The summed E-state index contributed by atoms with van der Waals surface area (Å²) in [6.07, 6.45) is 3.10. The summed E-state index contributed by atoms with van der Waals surface area (Å²) in [5.41, 5.74) is 7.94. The molecule has 2 aromatic heterocycles. The van der Waals surface area contributed by atoms with Gasteiger partial charge >= 0.3 is 0 Å². The topological polar surface area (TPSA) is 90.9 Å². The Balaban J connectivity index is 1.98. The van der Waals surface area contributed by atoms with Crippen molar-refractivity contribution in [1.82, 2.24) is 13.9 Å². The van der Waals surface area contributed by atoms with Crippen molar-refractivity contribution < 1.29 is 8.42 Å². The predicted molar refractivity (Wildman–Crippen MR) is 101 cm³/mol.